The number of halogens is 2. The lowest BCUT2D eigenvalue weighted by Crippen LogP contribution is -2.14. The van der Waals surface area contributed by atoms with E-state index < -0.39 is 17.7 Å². The number of hydrogen-bond donors (Lipinski definition) is 1. The van der Waals surface area contributed by atoms with Gasteiger partial charge in [-0.15, -0.1) is 11.3 Å². The van der Waals surface area contributed by atoms with Crippen molar-refractivity contribution in [1.82, 2.24) is 0 Å². The molecule has 1 unspecified atom stereocenters. The van der Waals surface area contributed by atoms with Crippen molar-refractivity contribution >= 4 is 21.4 Å². The molecule has 0 aliphatic heterocycles. The molecule has 0 bridgehead atoms. The van der Waals surface area contributed by atoms with Crippen LogP contribution in [0.4, 0.5) is 8.78 Å². The third-order valence-electron chi connectivity index (χ3n) is 3.35. The van der Waals surface area contributed by atoms with E-state index in [9.17, 15) is 8.78 Å². The fourth-order valence-corrected chi connectivity index (χ4v) is 3.35. The Morgan fingerprint density at radius 2 is 1.76 bits per heavy atom. The number of thiophene rings is 1. The quantitative estimate of drug-likeness (QED) is 0.785. The first-order valence-corrected chi connectivity index (χ1v) is 7.19. The topological polar surface area (TPSA) is 35.2 Å². The number of methoxy groups -OCH3 is 1. The first-order chi connectivity index (χ1) is 10.1. The second-order valence-electron chi connectivity index (χ2n) is 4.67. The molecule has 0 saturated heterocycles. The van der Waals surface area contributed by atoms with Crippen LogP contribution in [0.1, 0.15) is 16.5 Å². The predicted molar refractivity (Wildman–Crippen MR) is 80.8 cm³/mol. The van der Waals surface area contributed by atoms with Crippen LogP contribution in [0.3, 0.4) is 0 Å². The summed E-state index contributed by atoms with van der Waals surface area (Å²) in [6.45, 7) is 0. The van der Waals surface area contributed by atoms with Gasteiger partial charge in [-0.3, -0.25) is 0 Å². The zero-order chi connectivity index (χ0) is 15.0. The summed E-state index contributed by atoms with van der Waals surface area (Å²) >= 11 is 1.44. The Morgan fingerprint density at radius 3 is 2.38 bits per heavy atom. The van der Waals surface area contributed by atoms with E-state index in [-0.39, 0.29) is 11.3 Å². The lowest BCUT2D eigenvalue weighted by molar-refractivity contribution is 0.404. The molecule has 1 atom stereocenters. The van der Waals surface area contributed by atoms with Crippen molar-refractivity contribution in [3.8, 4) is 5.75 Å². The highest BCUT2D eigenvalue weighted by Crippen LogP contribution is 2.34. The Bertz CT molecular complexity index is 744. The lowest BCUT2D eigenvalue weighted by Gasteiger charge is -2.13. The molecular weight excluding hydrogens is 292 g/mol. The van der Waals surface area contributed by atoms with Crippen molar-refractivity contribution in [2.45, 2.75) is 6.04 Å². The summed E-state index contributed by atoms with van der Waals surface area (Å²) in [5.74, 6) is -1.26. The molecule has 2 nitrogen and oxygen atoms in total. The molecule has 3 rings (SSSR count). The van der Waals surface area contributed by atoms with Crippen LogP contribution >= 0.6 is 11.3 Å². The van der Waals surface area contributed by atoms with Gasteiger partial charge in [-0.1, -0.05) is 18.2 Å². The number of ether oxygens (including phenoxy) is 1. The van der Waals surface area contributed by atoms with Crippen LogP contribution < -0.4 is 10.5 Å². The zero-order valence-corrected chi connectivity index (χ0v) is 12.1. The Hall–Kier alpha value is -1.98. The van der Waals surface area contributed by atoms with Crippen LogP contribution in [0.25, 0.3) is 10.1 Å². The van der Waals surface area contributed by atoms with Crippen molar-refractivity contribution in [3.05, 3.63) is 64.5 Å². The van der Waals surface area contributed by atoms with Crippen LogP contribution in [0.2, 0.25) is 0 Å². The van der Waals surface area contributed by atoms with Crippen LogP contribution in [0.15, 0.2) is 42.5 Å². The normalized spacial score (nSPS) is 12.6. The van der Waals surface area contributed by atoms with Crippen molar-refractivity contribution < 1.29 is 13.5 Å². The van der Waals surface area contributed by atoms with Gasteiger partial charge in [-0.05, 0) is 17.5 Å². The summed E-state index contributed by atoms with van der Waals surface area (Å²) < 4.78 is 34.1. The minimum absolute atomic E-state index is 0.136. The molecule has 21 heavy (non-hydrogen) atoms. The van der Waals surface area contributed by atoms with Gasteiger partial charge in [0.25, 0.3) is 0 Å². The molecule has 0 aliphatic carbocycles. The Kier molecular flexibility index (Phi) is 3.61. The first kappa shape index (κ1) is 14.0. The smallest absolute Gasteiger partial charge is 0.134 e. The maximum Gasteiger partial charge on any atom is 0.134 e. The first-order valence-electron chi connectivity index (χ1n) is 6.37. The zero-order valence-electron chi connectivity index (χ0n) is 11.3. The molecule has 3 aromatic rings. The number of benzene rings is 2. The Balaban J connectivity index is 2.07. The van der Waals surface area contributed by atoms with Crippen molar-refractivity contribution in [3.63, 3.8) is 0 Å². The number of rotatable bonds is 3. The minimum Gasteiger partial charge on any atom is -0.497 e. The second-order valence-corrected chi connectivity index (χ2v) is 5.78. The summed E-state index contributed by atoms with van der Waals surface area (Å²) in [4.78, 5) is 0.721. The molecule has 0 aliphatic rings. The second kappa shape index (κ2) is 5.42. The number of hydrogen-bond acceptors (Lipinski definition) is 3. The van der Waals surface area contributed by atoms with Crippen LogP contribution in [-0.2, 0) is 0 Å². The molecule has 0 spiro atoms. The summed E-state index contributed by atoms with van der Waals surface area (Å²) in [5, 5.41) is 1.02. The van der Waals surface area contributed by atoms with E-state index in [2.05, 4.69) is 0 Å². The van der Waals surface area contributed by atoms with Crippen LogP contribution in [-0.4, -0.2) is 7.11 Å². The van der Waals surface area contributed by atoms with Gasteiger partial charge in [0, 0.05) is 27.3 Å². The lowest BCUT2D eigenvalue weighted by atomic mass is 10.0. The van der Waals surface area contributed by atoms with Crippen molar-refractivity contribution in [2.75, 3.05) is 7.11 Å². The molecule has 1 heterocycles. The van der Waals surface area contributed by atoms with Gasteiger partial charge in [0.15, 0.2) is 0 Å². The van der Waals surface area contributed by atoms with Gasteiger partial charge < -0.3 is 10.5 Å². The van der Waals surface area contributed by atoms with Gasteiger partial charge in [0.2, 0.25) is 0 Å². The molecule has 0 radical (unpaired) electrons. The van der Waals surface area contributed by atoms with E-state index in [1.54, 1.807) is 0 Å². The molecule has 1 aromatic heterocycles. The van der Waals surface area contributed by atoms with Crippen LogP contribution in [0.5, 0.6) is 5.75 Å². The highest BCUT2D eigenvalue weighted by atomic mass is 32.1. The summed E-state index contributed by atoms with van der Waals surface area (Å²) in [6, 6.07) is 11.1. The monoisotopic (exact) mass is 305 g/mol. The molecule has 2 N–H and O–H groups in total. The third kappa shape index (κ3) is 2.50. The molecule has 0 saturated carbocycles. The summed E-state index contributed by atoms with van der Waals surface area (Å²) in [5.41, 5.74) is 5.93. The maximum atomic E-state index is 14.1. The number of nitrogens with two attached hydrogens (primary N) is 1. The van der Waals surface area contributed by atoms with Gasteiger partial charge in [-0.2, -0.15) is 0 Å². The van der Waals surface area contributed by atoms with E-state index in [1.165, 1.54) is 18.4 Å². The Morgan fingerprint density at radius 1 is 1.10 bits per heavy atom. The summed E-state index contributed by atoms with van der Waals surface area (Å²) in [7, 11) is 1.36. The van der Waals surface area contributed by atoms with Crippen molar-refractivity contribution in [2.24, 2.45) is 5.73 Å². The average Bonchev–Trinajstić information content (AvgIpc) is 2.90. The SMILES string of the molecule is COc1cc(F)c(C(N)c2cc3ccccc3s2)c(F)c1. The van der Waals surface area contributed by atoms with Gasteiger partial charge in [-0.25, -0.2) is 8.78 Å². The number of fused-ring (bicyclic) bond motifs is 1. The minimum atomic E-state index is -0.840. The fourth-order valence-electron chi connectivity index (χ4n) is 2.27. The van der Waals surface area contributed by atoms with Gasteiger partial charge >= 0.3 is 0 Å². The van der Waals surface area contributed by atoms with Crippen molar-refractivity contribution in [1.29, 1.82) is 0 Å². The van der Waals surface area contributed by atoms with Gasteiger partial charge in [0.05, 0.1) is 13.2 Å². The maximum absolute atomic E-state index is 14.1. The van der Waals surface area contributed by atoms with E-state index in [1.807, 2.05) is 30.3 Å². The third-order valence-corrected chi connectivity index (χ3v) is 4.55. The van der Waals surface area contributed by atoms with E-state index >= 15 is 0 Å². The molecule has 0 fully saturated rings. The molecule has 0 amide bonds. The van der Waals surface area contributed by atoms with E-state index in [0.717, 1.165) is 27.1 Å². The predicted octanol–water partition coefficient (Wildman–Crippen LogP) is 4.24. The molecule has 5 heteroatoms. The Labute approximate surface area is 124 Å². The molecule has 2 aromatic carbocycles. The molecule has 108 valence electrons. The van der Waals surface area contributed by atoms with E-state index in [0.29, 0.717) is 0 Å². The average molecular weight is 305 g/mol. The van der Waals surface area contributed by atoms with E-state index in [4.69, 9.17) is 10.5 Å². The fraction of sp³-hybridized carbons (Fsp3) is 0.125. The summed E-state index contributed by atoms with van der Waals surface area (Å²) in [6.07, 6.45) is 0. The largest absolute Gasteiger partial charge is 0.497 e. The molecular formula is C16H13F2NOS. The standard InChI is InChI=1S/C16H13F2NOS/c1-20-10-7-11(17)15(12(18)8-10)16(19)14-6-9-4-2-3-5-13(9)21-14/h2-8,16H,19H2,1H3. The highest BCUT2D eigenvalue weighted by Gasteiger charge is 2.21. The van der Waals surface area contributed by atoms with Crippen LogP contribution in [0, 0.1) is 11.6 Å². The highest BCUT2D eigenvalue weighted by molar-refractivity contribution is 7.19. The van der Waals surface area contributed by atoms with Gasteiger partial charge in [0.1, 0.15) is 17.4 Å².